The Hall–Kier alpha value is -5.58. The molecule has 0 N–H and O–H groups in total. The third-order valence-electron chi connectivity index (χ3n) is 12.4. The van der Waals surface area contributed by atoms with Crippen LogP contribution in [0.1, 0.15) is 56.9 Å². The standard InChI is InChI=1S/C50H41BN2S/c1-30-27-36-33-18-14-20-38-48(33)53(40-21-12-11-19-37(40)50(38,5)6)51-46(36)42(28-30)52(41-25-26-44-45(47(41)51)34-17-10-13-22-43(34)54-44)39-24-23-32(49(2,3)4)29-35(39)31-15-8-7-9-16-31/h7-29H,1-6H3. The highest BCUT2D eigenvalue weighted by Crippen LogP contribution is 2.57. The van der Waals surface area contributed by atoms with Crippen LogP contribution in [0.5, 0.6) is 0 Å². The first-order chi connectivity index (χ1) is 26.1. The SMILES string of the molecule is Cc1cc2c3c(c1)N(c1ccc(C(C)(C)C)cc1-c1ccccc1)c1ccc4sc5ccccc5c4c1B3N1c3ccccc3C(C)(C)c3cccc-2c31. The molecule has 11 rings (SSSR count). The summed E-state index contributed by atoms with van der Waals surface area (Å²) in [5.41, 5.74) is 19.5. The van der Waals surface area contributed by atoms with Crippen LogP contribution in [0.4, 0.5) is 28.4 Å². The Morgan fingerprint density at radius 1 is 0.574 bits per heavy atom. The van der Waals surface area contributed by atoms with Gasteiger partial charge >= 0.3 is 6.85 Å². The molecule has 8 aromatic rings. The number of hydrogen-bond donors (Lipinski definition) is 0. The van der Waals surface area contributed by atoms with E-state index in [4.69, 9.17) is 0 Å². The van der Waals surface area contributed by atoms with E-state index < -0.39 is 0 Å². The van der Waals surface area contributed by atoms with E-state index in [9.17, 15) is 0 Å². The van der Waals surface area contributed by atoms with Gasteiger partial charge in [-0.2, -0.15) is 0 Å². The maximum atomic E-state index is 2.73. The number of rotatable bonds is 2. The molecule has 3 aliphatic rings. The van der Waals surface area contributed by atoms with Gasteiger partial charge in [0.15, 0.2) is 0 Å². The Labute approximate surface area is 322 Å². The maximum absolute atomic E-state index is 2.73. The van der Waals surface area contributed by atoms with Crippen molar-refractivity contribution < 1.29 is 0 Å². The summed E-state index contributed by atoms with van der Waals surface area (Å²) in [6, 6.07) is 53.1. The summed E-state index contributed by atoms with van der Waals surface area (Å²) < 4.78 is 2.67. The third kappa shape index (κ3) is 4.23. The van der Waals surface area contributed by atoms with Gasteiger partial charge in [-0.3, -0.25) is 0 Å². The van der Waals surface area contributed by atoms with Crippen molar-refractivity contribution in [2.75, 3.05) is 9.71 Å². The largest absolute Gasteiger partial charge is 0.376 e. The fraction of sp³-hybridized carbons (Fsp3) is 0.160. The van der Waals surface area contributed by atoms with Crippen molar-refractivity contribution in [1.82, 2.24) is 0 Å². The molecule has 54 heavy (non-hydrogen) atoms. The Morgan fingerprint density at radius 2 is 1.31 bits per heavy atom. The van der Waals surface area contributed by atoms with Crippen molar-refractivity contribution in [2.45, 2.75) is 52.4 Å². The Kier molecular flexibility index (Phi) is 6.50. The first kappa shape index (κ1) is 31.9. The second-order valence-electron chi connectivity index (χ2n) is 17.0. The Morgan fingerprint density at radius 3 is 2.15 bits per heavy atom. The molecule has 1 aromatic heterocycles. The summed E-state index contributed by atoms with van der Waals surface area (Å²) in [6.07, 6.45) is 0. The summed E-state index contributed by atoms with van der Waals surface area (Å²) in [4.78, 5) is 5.35. The van der Waals surface area contributed by atoms with E-state index in [0.717, 1.165) is 0 Å². The predicted molar refractivity (Wildman–Crippen MR) is 234 cm³/mol. The zero-order valence-electron chi connectivity index (χ0n) is 31.7. The number of aryl methyl sites for hydroxylation is 1. The van der Waals surface area contributed by atoms with E-state index in [1.807, 2.05) is 11.3 Å². The molecule has 0 unspecified atom stereocenters. The van der Waals surface area contributed by atoms with Gasteiger partial charge in [0.1, 0.15) is 0 Å². The molecule has 260 valence electrons. The van der Waals surface area contributed by atoms with Crippen molar-refractivity contribution in [3.8, 4) is 22.3 Å². The van der Waals surface area contributed by atoms with Crippen molar-refractivity contribution >= 4 is 77.7 Å². The van der Waals surface area contributed by atoms with E-state index in [1.165, 1.54) is 104 Å². The molecular weight excluding hydrogens is 671 g/mol. The molecule has 4 heterocycles. The molecule has 0 spiro atoms. The lowest BCUT2D eigenvalue weighted by Gasteiger charge is -2.51. The lowest BCUT2D eigenvalue weighted by atomic mass is 9.41. The Bertz CT molecular complexity index is 2880. The van der Waals surface area contributed by atoms with Gasteiger partial charge in [0.05, 0.1) is 5.69 Å². The van der Waals surface area contributed by atoms with Crippen LogP contribution in [-0.4, -0.2) is 6.85 Å². The number of nitrogens with zero attached hydrogens (tertiary/aromatic N) is 2. The monoisotopic (exact) mass is 712 g/mol. The topological polar surface area (TPSA) is 6.48 Å². The van der Waals surface area contributed by atoms with Crippen LogP contribution in [-0.2, 0) is 10.8 Å². The lowest BCUT2D eigenvalue weighted by Crippen LogP contribution is -2.63. The maximum Gasteiger partial charge on any atom is 0.333 e. The van der Waals surface area contributed by atoms with Crippen LogP contribution in [0.15, 0.2) is 140 Å². The van der Waals surface area contributed by atoms with Crippen molar-refractivity contribution in [3.63, 3.8) is 0 Å². The molecule has 0 fully saturated rings. The molecular formula is C50H41BN2S. The second kappa shape index (κ2) is 11.0. The fourth-order valence-electron chi connectivity index (χ4n) is 9.89. The van der Waals surface area contributed by atoms with Gasteiger partial charge < -0.3 is 9.71 Å². The molecule has 3 aliphatic heterocycles. The van der Waals surface area contributed by atoms with Gasteiger partial charge in [-0.1, -0.05) is 132 Å². The first-order valence-electron chi connectivity index (χ1n) is 19.2. The number of thiophene rings is 1. The third-order valence-corrected chi connectivity index (χ3v) is 13.6. The zero-order chi connectivity index (χ0) is 36.7. The smallest absolute Gasteiger partial charge is 0.333 e. The number of fused-ring (bicyclic) bond motifs is 10. The zero-order valence-corrected chi connectivity index (χ0v) is 32.5. The van der Waals surface area contributed by atoms with Crippen LogP contribution in [0.25, 0.3) is 42.4 Å². The molecule has 0 saturated heterocycles. The van der Waals surface area contributed by atoms with Crippen molar-refractivity contribution in [2.24, 2.45) is 0 Å². The minimum Gasteiger partial charge on any atom is -0.376 e. The fourth-order valence-corrected chi connectivity index (χ4v) is 11.0. The molecule has 0 saturated carbocycles. The first-order valence-corrected chi connectivity index (χ1v) is 20.0. The second-order valence-corrected chi connectivity index (χ2v) is 18.1. The number of benzene rings is 7. The number of para-hydroxylation sites is 2. The average molecular weight is 713 g/mol. The molecule has 0 atom stereocenters. The summed E-state index contributed by atoms with van der Waals surface area (Å²) in [5, 5.41) is 2.71. The predicted octanol–water partition coefficient (Wildman–Crippen LogP) is 12.7. The normalized spacial score (nSPS) is 14.9. The van der Waals surface area contributed by atoms with Crippen molar-refractivity contribution in [1.29, 1.82) is 0 Å². The highest BCUT2D eigenvalue weighted by Gasteiger charge is 2.50. The van der Waals surface area contributed by atoms with Crippen LogP contribution in [0, 0.1) is 6.92 Å². The highest BCUT2D eigenvalue weighted by atomic mass is 32.1. The molecule has 2 nitrogen and oxygen atoms in total. The van der Waals surface area contributed by atoms with E-state index in [0.29, 0.717) is 0 Å². The summed E-state index contributed by atoms with van der Waals surface area (Å²) in [7, 11) is 0. The van der Waals surface area contributed by atoms with Crippen LogP contribution in [0.3, 0.4) is 0 Å². The lowest BCUT2D eigenvalue weighted by molar-refractivity contribution is 0.590. The van der Waals surface area contributed by atoms with E-state index >= 15 is 0 Å². The summed E-state index contributed by atoms with van der Waals surface area (Å²) in [6.45, 7) is 14.0. The quantitative estimate of drug-likeness (QED) is 0.165. The Balaban J connectivity index is 1.33. The summed E-state index contributed by atoms with van der Waals surface area (Å²) >= 11 is 1.91. The number of anilines is 5. The van der Waals surface area contributed by atoms with Crippen molar-refractivity contribution in [3.05, 3.63) is 162 Å². The highest BCUT2D eigenvalue weighted by molar-refractivity contribution is 7.26. The molecule has 4 heteroatoms. The van der Waals surface area contributed by atoms with Gasteiger partial charge in [-0.15, -0.1) is 11.3 Å². The van der Waals surface area contributed by atoms with E-state index in [-0.39, 0.29) is 17.7 Å². The number of hydrogen-bond acceptors (Lipinski definition) is 3. The van der Waals surface area contributed by atoms with Crippen LogP contribution < -0.4 is 20.6 Å². The minimum absolute atomic E-state index is 0.00800. The minimum atomic E-state index is -0.146. The van der Waals surface area contributed by atoms with E-state index in [2.05, 4.69) is 191 Å². The average Bonchev–Trinajstić information content (AvgIpc) is 3.56. The van der Waals surface area contributed by atoms with Gasteiger partial charge in [0.25, 0.3) is 0 Å². The molecule has 7 aromatic carbocycles. The van der Waals surface area contributed by atoms with Crippen LogP contribution in [0.2, 0.25) is 0 Å². The van der Waals surface area contributed by atoms with E-state index in [1.54, 1.807) is 0 Å². The van der Waals surface area contributed by atoms with Gasteiger partial charge in [-0.05, 0) is 110 Å². The van der Waals surface area contributed by atoms with Gasteiger partial charge in [0.2, 0.25) is 0 Å². The van der Waals surface area contributed by atoms with Gasteiger partial charge in [0, 0.05) is 48.7 Å². The molecule has 0 radical (unpaired) electrons. The van der Waals surface area contributed by atoms with Gasteiger partial charge in [-0.25, -0.2) is 0 Å². The molecule has 0 aliphatic carbocycles. The summed E-state index contributed by atoms with van der Waals surface area (Å²) in [5.74, 6) is 0. The molecule has 0 amide bonds. The van der Waals surface area contributed by atoms with Crippen LogP contribution >= 0.6 is 11.3 Å². The molecule has 0 bridgehead atoms.